The van der Waals surface area contributed by atoms with E-state index >= 15 is 0 Å². The van der Waals surface area contributed by atoms with Crippen molar-refractivity contribution in [1.82, 2.24) is 24.8 Å². The summed E-state index contributed by atoms with van der Waals surface area (Å²) in [5.74, 6) is -2.91. The van der Waals surface area contributed by atoms with Crippen LogP contribution in [0.4, 0.5) is 26.2 Å². The number of aliphatic hydroxyl groups is 1. The van der Waals surface area contributed by atoms with Crippen molar-refractivity contribution in [1.29, 1.82) is 5.26 Å². The van der Waals surface area contributed by atoms with Gasteiger partial charge < -0.3 is 34.6 Å². The van der Waals surface area contributed by atoms with Crippen LogP contribution in [0.3, 0.4) is 0 Å². The molecule has 45 heavy (non-hydrogen) atoms. The molecule has 2 aromatic heterocycles. The number of halogens is 2. The smallest absolute Gasteiger partial charge is 0.301 e. The van der Waals surface area contributed by atoms with Gasteiger partial charge in [0.05, 0.1) is 24.9 Å². The summed E-state index contributed by atoms with van der Waals surface area (Å²) >= 11 is 0. The standard InChI is InChI=1S/C31H36F2N8O4/c1-19-17-40(14-13-39(19)3)24-6-8-27(37-28(24)44-4)38-30-35-11-9-23(36-30)21-5-7-25(22(15-21)16-34)45-26-10-12-41(18-31(26,32)33)29(43)20(2)42/h5-9,11,15,19-20,26,42H,10,12-14,17-18H2,1-4H3,(H,35,36,37,38)/t19-,20+,26?/m0/s1. The molecular formula is C31H36F2N8O4. The number of carbonyl (C=O) groups excluding carboxylic acids is 1. The zero-order chi connectivity index (χ0) is 32.3. The van der Waals surface area contributed by atoms with Crippen LogP contribution in [-0.2, 0) is 4.79 Å². The second-order valence-electron chi connectivity index (χ2n) is 11.3. The summed E-state index contributed by atoms with van der Waals surface area (Å²) < 4.78 is 41.0. The molecule has 1 amide bonds. The number of piperidine rings is 1. The first-order valence-electron chi connectivity index (χ1n) is 14.6. The van der Waals surface area contributed by atoms with E-state index < -0.39 is 30.6 Å². The Bertz CT molecular complexity index is 1580. The lowest BCUT2D eigenvalue weighted by Gasteiger charge is -2.39. The topological polar surface area (TPSA) is 140 Å². The van der Waals surface area contributed by atoms with Crippen LogP contribution in [0, 0.1) is 11.3 Å². The number of methoxy groups -OCH3 is 1. The minimum Gasteiger partial charge on any atom is -0.483 e. The molecule has 12 nitrogen and oxygen atoms in total. The monoisotopic (exact) mass is 622 g/mol. The van der Waals surface area contributed by atoms with E-state index in [0.717, 1.165) is 30.2 Å². The minimum atomic E-state index is -3.38. The minimum absolute atomic E-state index is 0.000221. The third-order valence-electron chi connectivity index (χ3n) is 8.10. The number of likely N-dealkylation sites (N-methyl/N-ethyl adjacent to an activating group) is 1. The fourth-order valence-corrected chi connectivity index (χ4v) is 5.40. The third kappa shape index (κ3) is 7.05. The van der Waals surface area contributed by atoms with E-state index in [-0.39, 0.29) is 30.2 Å². The molecular weight excluding hydrogens is 586 g/mol. The number of hydrogen-bond acceptors (Lipinski definition) is 11. The highest BCUT2D eigenvalue weighted by molar-refractivity contribution is 5.80. The van der Waals surface area contributed by atoms with Gasteiger partial charge in [0.15, 0.2) is 6.10 Å². The predicted molar refractivity (Wildman–Crippen MR) is 163 cm³/mol. The quantitative estimate of drug-likeness (QED) is 0.383. The highest BCUT2D eigenvalue weighted by atomic mass is 19.3. The van der Waals surface area contributed by atoms with Crippen LogP contribution >= 0.6 is 0 Å². The largest absolute Gasteiger partial charge is 0.483 e. The molecule has 0 aliphatic carbocycles. The molecule has 2 aliphatic heterocycles. The molecule has 3 atom stereocenters. The molecule has 3 aromatic rings. The van der Waals surface area contributed by atoms with Crippen LogP contribution in [0.5, 0.6) is 11.6 Å². The SMILES string of the molecule is COc1nc(Nc2nccc(-c3ccc(OC4CCN(C(=O)[C@@H](C)O)CC4(F)F)c(C#N)c3)n2)ccc1N1CCN(C)[C@@H](C)C1. The molecule has 238 valence electrons. The molecule has 1 unspecified atom stereocenters. The van der Waals surface area contributed by atoms with Crippen molar-refractivity contribution in [2.45, 2.75) is 44.4 Å². The van der Waals surface area contributed by atoms with Crippen molar-refractivity contribution < 1.29 is 28.2 Å². The Balaban J connectivity index is 1.30. The van der Waals surface area contributed by atoms with Crippen molar-refractivity contribution in [3.05, 3.63) is 48.2 Å². The van der Waals surface area contributed by atoms with E-state index in [9.17, 15) is 23.9 Å². The van der Waals surface area contributed by atoms with Crippen molar-refractivity contribution in [2.24, 2.45) is 0 Å². The lowest BCUT2D eigenvalue weighted by Crippen LogP contribution is -2.56. The number of alkyl halides is 2. The number of amides is 1. The zero-order valence-corrected chi connectivity index (χ0v) is 25.6. The average Bonchev–Trinajstić information content (AvgIpc) is 3.03. The maximum atomic E-state index is 14.9. The van der Waals surface area contributed by atoms with Crippen molar-refractivity contribution >= 4 is 23.4 Å². The number of aromatic nitrogens is 3. The number of benzene rings is 1. The van der Waals surface area contributed by atoms with Crippen molar-refractivity contribution in [3.63, 3.8) is 0 Å². The molecule has 1 aromatic carbocycles. The van der Waals surface area contributed by atoms with Crippen LogP contribution in [0.15, 0.2) is 42.6 Å². The predicted octanol–water partition coefficient (Wildman–Crippen LogP) is 3.30. The van der Waals surface area contributed by atoms with Gasteiger partial charge in [0.25, 0.3) is 5.91 Å². The number of rotatable bonds is 8. The molecule has 4 heterocycles. The number of piperazine rings is 1. The molecule has 14 heteroatoms. The molecule has 5 rings (SSSR count). The van der Waals surface area contributed by atoms with Crippen LogP contribution in [0.1, 0.15) is 25.8 Å². The summed E-state index contributed by atoms with van der Waals surface area (Å²) in [4.78, 5) is 31.0. The molecule has 0 saturated carbocycles. The first-order valence-corrected chi connectivity index (χ1v) is 14.6. The Morgan fingerprint density at radius 2 is 2.00 bits per heavy atom. The van der Waals surface area contributed by atoms with Crippen LogP contribution in [0.25, 0.3) is 11.3 Å². The Kier molecular flexibility index (Phi) is 9.31. The van der Waals surface area contributed by atoms with E-state index in [1.165, 1.54) is 19.1 Å². The molecule has 2 fully saturated rings. The van der Waals surface area contributed by atoms with Gasteiger partial charge >= 0.3 is 5.92 Å². The van der Waals surface area contributed by atoms with Crippen molar-refractivity contribution in [2.75, 3.05) is 57.1 Å². The second kappa shape index (κ2) is 13.2. The summed E-state index contributed by atoms with van der Waals surface area (Å²) in [6.45, 7) is 5.19. The van der Waals surface area contributed by atoms with Gasteiger partial charge in [-0.2, -0.15) is 10.2 Å². The lowest BCUT2D eigenvalue weighted by molar-refractivity contribution is -0.165. The summed E-state index contributed by atoms with van der Waals surface area (Å²) in [5, 5.41) is 22.4. The zero-order valence-electron chi connectivity index (χ0n) is 25.6. The molecule has 2 N–H and O–H groups in total. The van der Waals surface area contributed by atoms with Gasteiger partial charge in [-0.1, -0.05) is 0 Å². The summed E-state index contributed by atoms with van der Waals surface area (Å²) in [7, 11) is 3.69. The fourth-order valence-electron chi connectivity index (χ4n) is 5.40. The number of aliphatic hydroxyl groups excluding tert-OH is 1. The van der Waals surface area contributed by atoms with Gasteiger partial charge in [-0.3, -0.25) is 4.79 Å². The maximum absolute atomic E-state index is 14.9. The molecule has 2 aliphatic rings. The van der Waals surface area contributed by atoms with Crippen LogP contribution < -0.4 is 19.7 Å². The van der Waals surface area contributed by atoms with E-state index in [1.807, 2.05) is 18.2 Å². The van der Waals surface area contributed by atoms with E-state index in [2.05, 4.69) is 44.0 Å². The number of likely N-dealkylation sites (tertiary alicyclic amines) is 1. The number of nitrogens with zero attached hydrogens (tertiary/aromatic N) is 7. The van der Waals surface area contributed by atoms with Gasteiger partial charge in [-0.25, -0.2) is 18.7 Å². The number of ether oxygens (including phenoxy) is 2. The van der Waals surface area contributed by atoms with Crippen molar-refractivity contribution in [3.8, 4) is 29.0 Å². The van der Waals surface area contributed by atoms with Gasteiger partial charge in [-0.05, 0) is 57.3 Å². The maximum Gasteiger partial charge on any atom is 0.301 e. The summed E-state index contributed by atoms with van der Waals surface area (Å²) in [6.07, 6.45) is -1.52. The first-order chi connectivity index (χ1) is 21.5. The number of anilines is 3. The summed E-state index contributed by atoms with van der Waals surface area (Å²) in [6, 6.07) is 12.4. The number of nitriles is 1. The van der Waals surface area contributed by atoms with Crippen LogP contribution in [-0.4, -0.2) is 107 Å². The van der Waals surface area contributed by atoms with Gasteiger partial charge in [-0.15, -0.1) is 0 Å². The van der Waals surface area contributed by atoms with E-state index in [0.29, 0.717) is 29.0 Å². The van der Waals surface area contributed by atoms with Gasteiger partial charge in [0.1, 0.15) is 29.4 Å². The highest BCUT2D eigenvalue weighted by Crippen LogP contribution is 2.34. The lowest BCUT2D eigenvalue weighted by atomic mass is 10.0. The van der Waals surface area contributed by atoms with Gasteiger partial charge in [0.2, 0.25) is 11.8 Å². The number of carbonyl (C=O) groups is 1. The average molecular weight is 623 g/mol. The first kappa shape index (κ1) is 31.8. The fraction of sp³-hybridized carbons (Fsp3) is 0.452. The normalized spacial score (nSPS) is 20.7. The molecule has 0 spiro atoms. The Labute approximate surface area is 260 Å². The van der Waals surface area contributed by atoms with E-state index in [1.54, 1.807) is 25.4 Å². The van der Waals surface area contributed by atoms with Crippen LogP contribution in [0.2, 0.25) is 0 Å². The number of nitrogens with one attached hydrogen (secondary N) is 1. The Morgan fingerprint density at radius 1 is 1.20 bits per heavy atom. The summed E-state index contributed by atoms with van der Waals surface area (Å²) in [5.41, 5.74) is 2.00. The molecule has 2 saturated heterocycles. The van der Waals surface area contributed by atoms with Gasteiger partial charge in [0, 0.05) is 50.4 Å². The van der Waals surface area contributed by atoms with E-state index in [4.69, 9.17) is 9.47 Å². The Hall–Kier alpha value is -4.61. The molecule has 0 radical (unpaired) electrons. The highest BCUT2D eigenvalue weighted by Gasteiger charge is 2.48. The molecule has 0 bridgehead atoms. The number of pyridine rings is 1. The third-order valence-corrected chi connectivity index (χ3v) is 8.10. The number of hydrogen-bond donors (Lipinski definition) is 2. The second-order valence-corrected chi connectivity index (χ2v) is 11.3. The Morgan fingerprint density at radius 3 is 2.69 bits per heavy atom.